The first-order valence-electron chi connectivity index (χ1n) is 5.50. The number of rotatable bonds is 5. The van der Waals surface area contributed by atoms with Crippen molar-refractivity contribution >= 4 is 15.9 Å². The Balaban J connectivity index is 2.78. The Kier molecular flexibility index (Phi) is 4.96. The summed E-state index contributed by atoms with van der Waals surface area (Å²) in [6, 6.07) is 7.94. The lowest BCUT2D eigenvalue weighted by Crippen LogP contribution is -2.42. The molecule has 2 atom stereocenters. The van der Waals surface area contributed by atoms with Crippen molar-refractivity contribution in [3.05, 3.63) is 34.3 Å². The van der Waals surface area contributed by atoms with Crippen molar-refractivity contribution in [2.75, 3.05) is 7.11 Å². The Morgan fingerprint density at radius 1 is 1.44 bits per heavy atom. The van der Waals surface area contributed by atoms with Crippen LogP contribution in [0.4, 0.5) is 0 Å². The van der Waals surface area contributed by atoms with E-state index in [9.17, 15) is 5.11 Å². The fraction of sp³-hybridized carbons (Fsp3) is 0.538. The minimum Gasteiger partial charge on any atom is -0.390 e. The van der Waals surface area contributed by atoms with Crippen molar-refractivity contribution in [2.24, 2.45) is 0 Å². The summed E-state index contributed by atoms with van der Waals surface area (Å²) in [7, 11) is 1.65. The standard InChI is InChI=1S/C13H19BrO2/c1-4-13(2,16-3)12(15)9-10-7-5-6-8-11(10)14/h5-8,12,15H,4,9H2,1-3H3. The van der Waals surface area contributed by atoms with E-state index < -0.39 is 11.7 Å². The monoisotopic (exact) mass is 286 g/mol. The smallest absolute Gasteiger partial charge is 0.0909 e. The Morgan fingerprint density at radius 2 is 2.06 bits per heavy atom. The molecule has 1 rings (SSSR count). The van der Waals surface area contributed by atoms with Crippen molar-refractivity contribution in [3.8, 4) is 0 Å². The lowest BCUT2D eigenvalue weighted by molar-refractivity contribution is -0.0915. The lowest BCUT2D eigenvalue weighted by atomic mass is 9.91. The summed E-state index contributed by atoms with van der Waals surface area (Å²) in [6.07, 6.45) is 0.885. The van der Waals surface area contributed by atoms with E-state index in [1.165, 1.54) is 0 Å². The maximum absolute atomic E-state index is 10.2. The van der Waals surface area contributed by atoms with E-state index in [-0.39, 0.29) is 0 Å². The summed E-state index contributed by atoms with van der Waals surface area (Å²) in [6.45, 7) is 3.96. The molecule has 0 saturated carbocycles. The molecule has 0 fully saturated rings. The molecule has 1 aromatic carbocycles. The van der Waals surface area contributed by atoms with Crippen LogP contribution in [0.3, 0.4) is 0 Å². The summed E-state index contributed by atoms with van der Waals surface area (Å²) < 4.78 is 6.43. The van der Waals surface area contributed by atoms with Crippen LogP contribution in [-0.4, -0.2) is 23.9 Å². The molecule has 2 unspecified atom stereocenters. The molecule has 0 heterocycles. The maximum atomic E-state index is 10.2. The van der Waals surface area contributed by atoms with E-state index in [1.807, 2.05) is 38.1 Å². The minimum absolute atomic E-state index is 0.477. The third-order valence-corrected chi connectivity index (χ3v) is 4.02. The molecule has 0 aromatic heterocycles. The molecule has 0 bridgehead atoms. The number of hydrogen-bond donors (Lipinski definition) is 1. The Bertz CT molecular complexity index is 334. The van der Waals surface area contributed by atoms with Crippen LogP contribution in [0.2, 0.25) is 0 Å². The van der Waals surface area contributed by atoms with E-state index in [2.05, 4.69) is 15.9 Å². The van der Waals surface area contributed by atoms with Gasteiger partial charge < -0.3 is 9.84 Å². The van der Waals surface area contributed by atoms with Gasteiger partial charge in [0.05, 0.1) is 11.7 Å². The molecule has 1 aromatic rings. The second-order valence-corrected chi connectivity index (χ2v) is 5.04. The van der Waals surface area contributed by atoms with Gasteiger partial charge in [0, 0.05) is 18.0 Å². The average molecular weight is 287 g/mol. The van der Waals surface area contributed by atoms with Crippen LogP contribution in [0, 0.1) is 0 Å². The molecule has 0 aliphatic rings. The normalized spacial score (nSPS) is 16.8. The van der Waals surface area contributed by atoms with E-state index in [0.29, 0.717) is 6.42 Å². The first-order chi connectivity index (χ1) is 7.53. The summed E-state index contributed by atoms with van der Waals surface area (Å²) in [5.74, 6) is 0. The zero-order valence-electron chi connectivity index (χ0n) is 10.0. The van der Waals surface area contributed by atoms with Crippen molar-refractivity contribution in [2.45, 2.75) is 38.4 Å². The third kappa shape index (κ3) is 3.06. The van der Waals surface area contributed by atoms with E-state index >= 15 is 0 Å². The van der Waals surface area contributed by atoms with Gasteiger partial charge in [0.1, 0.15) is 0 Å². The zero-order chi connectivity index (χ0) is 12.2. The van der Waals surface area contributed by atoms with Crippen molar-refractivity contribution in [3.63, 3.8) is 0 Å². The average Bonchev–Trinajstić information content (AvgIpc) is 2.31. The van der Waals surface area contributed by atoms with Crippen LogP contribution in [0.1, 0.15) is 25.8 Å². The highest BCUT2D eigenvalue weighted by molar-refractivity contribution is 9.10. The van der Waals surface area contributed by atoms with Crippen molar-refractivity contribution in [1.82, 2.24) is 0 Å². The van der Waals surface area contributed by atoms with Crippen LogP contribution in [0.15, 0.2) is 28.7 Å². The second kappa shape index (κ2) is 5.80. The topological polar surface area (TPSA) is 29.5 Å². The minimum atomic E-state index is -0.499. The SMILES string of the molecule is CCC(C)(OC)C(O)Cc1ccccc1Br. The maximum Gasteiger partial charge on any atom is 0.0909 e. The molecule has 0 aliphatic heterocycles. The summed E-state index contributed by atoms with van der Waals surface area (Å²) >= 11 is 3.48. The van der Waals surface area contributed by atoms with Crippen molar-refractivity contribution in [1.29, 1.82) is 0 Å². The molecule has 0 aliphatic carbocycles. The van der Waals surface area contributed by atoms with Gasteiger partial charge in [-0.15, -0.1) is 0 Å². The molecule has 0 spiro atoms. The van der Waals surface area contributed by atoms with Gasteiger partial charge in [-0.25, -0.2) is 0 Å². The van der Waals surface area contributed by atoms with Crippen LogP contribution in [0.25, 0.3) is 0 Å². The van der Waals surface area contributed by atoms with Crippen molar-refractivity contribution < 1.29 is 9.84 Å². The second-order valence-electron chi connectivity index (χ2n) is 4.18. The zero-order valence-corrected chi connectivity index (χ0v) is 11.6. The largest absolute Gasteiger partial charge is 0.390 e. The Morgan fingerprint density at radius 3 is 2.56 bits per heavy atom. The molecule has 1 N–H and O–H groups in total. The van der Waals surface area contributed by atoms with Crippen LogP contribution in [0.5, 0.6) is 0 Å². The van der Waals surface area contributed by atoms with Gasteiger partial charge in [-0.05, 0) is 25.0 Å². The molecule has 0 radical (unpaired) electrons. The number of halogens is 1. The third-order valence-electron chi connectivity index (χ3n) is 3.24. The molecular formula is C13H19BrO2. The quantitative estimate of drug-likeness (QED) is 0.901. The van der Waals surface area contributed by atoms with Gasteiger partial charge in [-0.1, -0.05) is 41.1 Å². The predicted octanol–water partition coefficient (Wildman–Crippen LogP) is 3.17. The Labute approximate surface area is 106 Å². The molecule has 0 saturated heterocycles. The highest BCUT2D eigenvalue weighted by atomic mass is 79.9. The van der Waals surface area contributed by atoms with Gasteiger partial charge >= 0.3 is 0 Å². The number of methoxy groups -OCH3 is 1. The van der Waals surface area contributed by atoms with E-state index in [4.69, 9.17) is 4.74 Å². The van der Waals surface area contributed by atoms with Crippen LogP contribution in [-0.2, 0) is 11.2 Å². The number of benzene rings is 1. The first kappa shape index (κ1) is 13.7. The van der Waals surface area contributed by atoms with Gasteiger partial charge in [0.25, 0.3) is 0 Å². The molecule has 2 nitrogen and oxygen atoms in total. The van der Waals surface area contributed by atoms with Crippen LogP contribution >= 0.6 is 15.9 Å². The molecule has 16 heavy (non-hydrogen) atoms. The highest BCUT2D eigenvalue weighted by Gasteiger charge is 2.31. The Hall–Kier alpha value is -0.380. The highest BCUT2D eigenvalue weighted by Crippen LogP contribution is 2.25. The van der Waals surface area contributed by atoms with Gasteiger partial charge in [-0.3, -0.25) is 0 Å². The number of ether oxygens (including phenoxy) is 1. The summed E-state index contributed by atoms with van der Waals surface area (Å²) in [5.41, 5.74) is 0.627. The fourth-order valence-electron chi connectivity index (χ4n) is 1.60. The summed E-state index contributed by atoms with van der Waals surface area (Å²) in [4.78, 5) is 0. The first-order valence-corrected chi connectivity index (χ1v) is 6.29. The predicted molar refractivity (Wildman–Crippen MR) is 69.6 cm³/mol. The number of aliphatic hydroxyl groups is 1. The van der Waals surface area contributed by atoms with E-state index in [0.717, 1.165) is 16.5 Å². The molecule has 3 heteroatoms. The molecule has 0 amide bonds. The van der Waals surface area contributed by atoms with Gasteiger partial charge in [-0.2, -0.15) is 0 Å². The fourth-order valence-corrected chi connectivity index (χ4v) is 2.05. The molecular weight excluding hydrogens is 268 g/mol. The number of hydrogen-bond acceptors (Lipinski definition) is 2. The molecule has 90 valence electrons. The van der Waals surface area contributed by atoms with Gasteiger partial charge in [0.2, 0.25) is 0 Å². The van der Waals surface area contributed by atoms with Gasteiger partial charge in [0.15, 0.2) is 0 Å². The lowest BCUT2D eigenvalue weighted by Gasteiger charge is -2.32. The van der Waals surface area contributed by atoms with Crippen LogP contribution < -0.4 is 0 Å². The summed E-state index contributed by atoms with van der Waals surface area (Å²) in [5, 5.41) is 10.2. The number of aliphatic hydroxyl groups excluding tert-OH is 1. The van der Waals surface area contributed by atoms with E-state index in [1.54, 1.807) is 7.11 Å².